The lowest BCUT2D eigenvalue weighted by molar-refractivity contribution is -0.124. The number of halogens is 1. The Morgan fingerprint density at radius 2 is 2.06 bits per heavy atom. The van der Waals surface area contributed by atoms with Crippen molar-refractivity contribution in [1.29, 1.82) is 0 Å². The van der Waals surface area contributed by atoms with Crippen molar-refractivity contribution in [3.63, 3.8) is 0 Å². The molecule has 3 N–H and O–H groups in total. The van der Waals surface area contributed by atoms with Crippen LogP contribution in [0.5, 0.6) is 0 Å². The number of nitrogens with one attached hydrogen (secondary N) is 1. The van der Waals surface area contributed by atoms with E-state index in [4.69, 9.17) is 5.73 Å². The van der Waals surface area contributed by atoms with Crippen LogP contribution >= 0.6 is 12.4 Å². The molecule has 2 aliphatic rings. The van der Waals surface area contributed by atoms with E-state index in [1.54, 1.807) is 0 Å². The summed E-state index contributed by atoms with van der Waals surface area (Å²) in [5.41, 5.74) is 6.39. The average Bonchev–Trinajstić information content (AvgIpc) is 2.60. The Morgan fingerprint density at radius 3 is 2.44 bits per heavy atom. The first-order valence-electron chi connectivity index (χ1n) is 6.89. The molecular formula is C14H27ClN2O. The van der Waals surface area contributed by atoms with Gasteiger partial charge in [0, 0.05) is 6.04 Å². The lowest BCUT2D eigenvalue weighted by Gasteiger charge is -2.39. The maximum Gasteiger partial charge on any atom is 0.237 e. The fourth-order valence-corrected chi connectivity index (χ4v) is 3.89. The second-order valence-corrected chi connectivity index (χ2v) is 6.69. The highest BCUT2D eigenvalue weighted by molar-refractivity contribution is 5.85. The molecule has 0 spiro atoms. The zero-order valence-corrected chi connectivity index (χ0v) is 12.8. The van der Waals surface area contributed by atoms with Crippen molar-refractivity contribution in [1.82, 2.24) is 5.32 Å². The van der Waals surface area contributed by atoms with Crippen LogP contribution in [0, 0.1) is 16.7 Å². The topological polar surface area (TPSA) is 55.1 Å². The molecule has 3 unspecified atom stereocenters. The van der Waals surface area contributed by atoms with Crippen LogP contribution in [0.4, 0.5) is 0 Å². The number of amides is 1. The minimum absolute atomic E-state index is 0. The molecule has 0 heterocycles. The van der Waals surface area contributed by atoms with Crippen LogP contribution in [0.15, 0.2) is 0 Å². The average molecular weight is 275 g/mol. The van der Waals surface area contributed by atoms with Gasteiger partial charge in [-0.3, -0.25) is 4.79 Å². The second-order valence-electron chi connectivity index (χ2n) is 6.69. The van der Waals surface area contributed by atoms with Gasteiger partial charge in [0.1, 0.15) is 0 Å². The Hall–Kier alpha value is -0.280. The van der Waals surface area contributed by atoms with Gasteiger partial charge in [0.25, 0.3) is 0 Å². The van der Waals surface area contributed by atoms with E-state index in [2.05, 4.69) is 26.1 Å². The second kappa shape index (κ2) is 5.01. The maximum absolute atomic E-state index is 11.9. The maximum atomic E-state index is 11.9. The summed E-state index contributed by atoms with van der Waals surface area (Å²) in [4.78, 5) is 11.9. The van der Waals surface area contributed by atoms with Crippen LogP contribution in [-0.2, 0) is 4.79 Å². The van der Waals surface area contributed by atoms with Crippen LogP contribution in [-0.4, -0.2) is 18.0 Å². The number of carbonyl (C=O) groups excluding carboxylic acids is 1. The summed E-state index contributed by atoms with van der Waals surface area (Å²) >= 11 is 0. The Bertz CT molecular complexity index is 332. The monoisotopic (exact) mass is 274 g/mol. The summed E-state index contributed by atoms with van der Waals surface area (Å²) in [5.74, 6) is 0.790. The van der Waals surface area contributed by atoms with Gasteiger partial charge in [-0.15, -0.1) is 12.4 Å². The van der Waals surface area contributed by atoms with E-state index in [-0.39, 0.29) is 29.8 Å². The SMILES string of the molecule is CC[C@H](N)C(=O)NC1CC2CCC1(C)C2(C)C.Cl. The van der Waals surface area contributed by atoms with E-state index in [0.717, 1.165) is 12.3 Å². The van der Waals surface area contributed by atoms with Gasteiger partial charge in [0.15, 0.2) is 0 Å². The van der Waals surface area contributed by atoms with Crippen molar-refractivity contribution < 1.29 is 4.79 Å². The lowest BCUT2D eigenvalue weighted by atomic mass is 9.69. The molecule has 0 radical (unpaired) electrons. The minimum Gasteiger partial charge on any atom is -0.351 e. The van der Waals surface area contributed by atoms with E-state index in [9.17, 15) is 4.79 Å². The van der Waals surface area contributed by atoms with E-state index >= 15 is 0 Å². The number of hydrogen-bond acceptors (Lipinski definition) is 2. The molecule has 0 aliphatic heterocycles. The smallest absolute Gasteiger partial charge is 0.237 e. The number of rotatable bonds is 3. The zero-order chi connectivity index (χ0) is 12.8. The van der Waals surface area contributed by atoms with Crippen molar-refractivity contribution >= 4 is 18.3 Å². The standard InChI is InChI=1S/C14H26N2O.ClH/c1-5-10(15)12(17)16-11-8-9-6-7-14(11,4)13(9,2)3;/h9-11H,5-8,15H2,1-4H3,(H,16,17);1H/t9?,10-,11?,14?;/m0./s1. The molecule has 1 amide bonds. The largest absolute Gasteiger partial charge is 0.351 e. The molecule has 2 aliphatic carbocycles. The zero-order valence-electron chi connectivity index (χ0n) is 12.0. The van der Waals surface area contributed by atoms with Crippen molar-refractivity contribution in [2.45, 2.75) is 65.5 Å². The number of nitrogens with two attached hydrogens (primary N) is 1. The van der Waals surface area contributed by atoms with Crippen LogP contribution in [0.2, 0.25) is 0 Å². The van der Waals surface area contributed by atoms with Gasteiger partial charge in [0.2, 0.25) is 5.91 Å². The van der Waals surface area contributed by atoms with E-state index in [0.29, 0.717) is 17.9 Å². The van der Waals surface area contributed by atoms with Gasteiger partial charge in [0.05, 0.1) is 6.04 Å². The molecule has 3 nitrogen and oxygen atoms in total. The Balaban J connectivity index is 0.00000162. The van der Waals surface area contributed by atoms with Gasteiger partial charge >= 0.3 is 0 Å². The molecule has 2 bridgehead atoms. The van der Waals surface area contributed by atoms with Crippen molar-refractivity contribution in [3.05, 3.63) is 0 Å². The van der Waals surface area contributed by atoms with E-state index < -0.39 is 0 Å². The minimum atomic E-state index is -0.346. The Kier molecular flexibility index (Phi) is 4.39. The molecule has 106 valence electrons. The van der Waals surface area contributed by atoms with Gasteiger partial charge in [-0.2, -0.15) is 0 Å². The van der Waals surface area contributed by atoms with E-state index in [1.807, 2.05) is 6.92 Å². The fourth-order valence-electron chi connectivity index (χ4n) is 3.89. The third-order valence-corrected chi connectivity index (χ3v) is 5.89. The molecule has 4 heteroatoms. The highest BCUT2D eigenvalue weighted by atomic mass is 35.5. The third-order valence-electron chi connectivity index (χ3n) is 5.89. The van der Waals surface area contributed by atoms with Crippen LogP contribution < -0.4 is 11.1 Å². The molecule has 2 fully saturated rings. The lowest BCUT2D eigenvalue weighted by Crippen LogP contribution is -2.51. The van der Waals surface area contributed by atoms with Crippen LogP contribution in [0.1, 0.15) is 53.4 Å². The summed E-state index contributed by atoms with van der Waals surface area (Å²) in [6.07, 6.45) is 4.39. The molecule has 4 atom stereocenters. The molecule has 2 rings (SSSR count). The first-order chi connectivity index (χ1) is 7.83. The number of hydrogen-bond donors (Lipinski definition) is 2. The highest BCUT2D eigenvalue weighted by Gasteiger charge is 2.61. The molecule has 2 saturated carbocycles. The predicted molar refractivity (Wildman–Crippen MR) is 76.7 cm³/mol. The van der Waals surface area contributed by atoms with Crippen molar-refractivity contribution in [2.24, 2.45) is 22.5 Å². The summed E-state index contributed by atoms with van der Waals surface area (Å²) < 4.78 is 0. The molecule has 18 heavy (non-hydrogen) atoms. The van der Waals surface area contributed by atoms with Crippen LogP contribution in [0.25, 0.3) is 0 Å². The Labute approximate surface area is 117 Å². The quantitative estimate of drug-likeness (QED) is 0.831. The summed E-state index contributed by atoms with van der Waals surface area (Å²) in [5, 5.41) is 3.19. The molecule has 0 aromatic heterocycles. The third kappa shape index (κ3) is 2.05. The summed E-state index contributed by atoms with van der Waals surface area (Å²) in [6.45, 7) is 9.01. The van der Waals surface area contributed by atoms with Crippen LogP contribution in [0.3, 0.4) is 0 Å². The Morgan fingerprint density at radius 1 is 1.44 bits per heavy atom. The first kappa shape index (κ1) is 15.8. The summed E-state index contributed by atoms with van der Waals surface area (Å²) in [6, 6.07) is -0.0258. The van der Waals surface area contributed by atoms with Crippen molar-refractivity contribution in [2.75, 3.05) is 0 Å². The summed E-state index contributed by atoms with van der Waals surface area (Å²) in [7, 11) is 0. The number of fused-ring (bicyclic) bond motifs is 2. The predicted octanol–water partition coefficient (Wildman–Crippen LogP) is 2.48. The molecular weight excluding hydrogens is 248 g/mol. The number of carbonyl (C=O) groups is 1. The normalized spacial score (nSPS) is 38.1. The molecule has 0 aromatic rings. The van der Waals surface area contributed by atoms with Gasteiger partial charge in [-0.05, 0) is 42.4 Å². The van der Waals surface area contributed by atoms with Gasteiger partial charge < -0.3 is 11.1 Å². The molecule has 0 saturated heterocycles. The van der Waals surface area contributed by atoms with E-state index in [1.165, 1.54) is 12.8 Å². The van der Waals surface area contributed by atoms with Crippen molar-refractivity contribution in [3.8, 4) is 0 Å². The first-order valence-corrected chi connectivity index (χ1v) is 6.89. The fraction of sp³-hybridized carbons (Fsp3) is 0.929. The highest BCUT2D eigenvalue weighted by Crippen LogP contribution is 2.65. The van der Waals surface area contributed by atoms with Gasteiger partial charge in [-0.25, -0.2) is 0 Å². The van der Waals surface area contributed by atoms with Gasteiger partial charge in [-0.1, -0.05) is 27.7 Å². The molecule has 0 aromatic carbocycles.